The number of benzene rings is 1. The highest BCUT2D eigenvalue weighted by Gasteiger charge is 2.22. The summed E-state index contributed by atoms with van der Waals surface area (Å²) in [4.78, 5) is 0. The van der Waals surface area contributed by atoms with Crippen LogP contribution in [0, 0.1) is 0 Å². The van der Waals surface area contributed by atoms with E-state index in [1.807, 2.05) is 0 Å². The summed E-state index contributed by atoms with van der Waals surface area (Å²) in [6, 6.07) is 5.55. The van der Waals surface area contributed by atoms with Crippen molar-refractivity contribution in [2.45, 2.75) is 19.4 Å². The van der Waals surface area contributed by atoms with E-state index in [2.05, 4.69) is 27.8 Å². The standard InChI is InChI=1S/C15H15F4N5OS/c1-25-12-3-2-8(6-21-22-15(20)26)4-9(12)7-24-11(14(18)19)5-10(23-24)13(16)17/h2-6,13-14H,7H2,1H3,(H3,20,22,26). The molecule has 0 spiro atoms. The molecular weight excluding hydrogens is 374 g/mol. The number of hydrogen-bond donors (Lipinski definition) is 2. The number of thiocarbonyl (C=S) groups is 1. The minimum Gasteiger partial charge on any atom is -0.496 e. The molecule has 3 N–H and O–H groups in total. The largest absolute Gasteiger partial charge is 0.496 e. The van der Waals surface area contributed by atoms with Gasteiger partial charge in [0.05, 0.1) is 19.9 Å². The van der Waals surface area contributed by atoms with Gasteiger partial charge in [-0.05, 0) is 42.0 Å². The van der Waals surface area contributed by atoms with Gasteiger partial charge in [0, 0.05) is 5.56 Å². The molecule has 0 aliphatic carbocycles. The van der Waals surface area contributed by atoms with E-state index in [-0.39, 0.29) is 11.7 Å². The molecule has 0 aliphatic heterocycles. The van der Waals surface area contributed by atoms with E-state index in [1.165, 1.54) is 13.3 Å². The summed E-state index contributed by atoms with van der Waals surface area (Å²) >= 11 is 4.61. The maximum Gasteiger partial charge on any atom is 0.282 e. The number of alkyl halides is 4. The van der Waals surface area contributed by atoms with Gasteiger partial charge in [-0.1, -0.05) is 0 Å². The number of nitrogens with two attached hydrogens (primary N) is 1. The third-order valence-corrected chi connectivity index (χ3v) is 3.38. The normalized spacial score (nSPS) is 11.5. The molecule has 0 saturated carbocycles. The van der Waals surface area contributed by atoms with Gasteiger partial charge >= 0.3 is 0 Å². The highest BCUT2D eigenvalue weighted by Crippen LogP contribution is 2.27. The van der Waals surface area contributed by atoms with Gasteiger partial charge in [0.2, 0.25) is 0 Å². The molecule has 1 aromatic carbocycles. The number of aromatic nitrogens is 2. The van der Waals surface area contributed by atoms with Gasteiger partial charge in [0.15, 0.2) is 5.11 Å². The molecule has 0 atom stereocenters. The van der Waals surface area contributed by atoms with Crippen molar-refractivity contribution in [3.63, 3.8) is 0 Å². The number of hydrogen-bond acceptors (Lipinski definition) is 4. The fraction of sp³-hybridized carbons (Fsp3) is 0.267. The Kier molecular flexibility index (Phi) is 6.50. The Morgan fingerprint density at radius 3 is 2.65 bits per heavy atom. The van der Waals surface area contributed by atoms with Crippen LogP contribution in [-0.2, 0) is 6.54 Å². The summed E-state index contributed by atoms with van der Waals surface area (Å²) in [5, 5.41) is 7.34. The maximum absolute atomic E-state index is 13.1. The van der Waals surface area contributed by atoms with Gasteiger partial charge in [0.25, 0.3) is 12.9 Å². The molecule has 2 aromatic rings. The van der Waals surface area contributed by atoms with Crippen molar-refractivity contribution >= 4 is 23.5 Å². The number of rotatable bonds is 7. The Hall–Kier alpha value is -2.69. The van der Waals surface area contributed by atoms with Gasteiger partial charge in [-0.25, -0.2) is 17.6 Å². The molecule has 0 radical (unpaired) electrons. The summed E-state index contributed by atoms with van der Waals surface area (Å²) in [6.45, 7) is -0.181. The molecule has 26 heavy (non-hydrogen) atoms. The molecule has 0 fully saturated rings. The van der Waals surface area contributed by atoms with Crippen LogP contribution in [0.1, 0.15) is 35.4 Å². The van der Waals surface area contributed by atoms with Crippen molar-refractivity contribution in [3.8, 4) is 5.75 Å². The van der Waals surface area contributed by atoms with Crippen LogP contribution in [-0.4, -0.2) is 28.2 Å². The van der Waals surface area contributed by atoms with Crippen LogP contribution >= 0.6 is 12.2 Å². The average Bonchev–Trinajstić information content (AvgIpc) is 2.99. The number of nitrogens with one attached hydrogen (secondary N) is 1. The van der Waals surface area contributed by atoms with Crippen LogP contribution in [0.25, 0.3) is 0 Å². The molecule has 11 heteroatoms. The lowest BCUT2D eigenvalue weighted by Crippen LogP contribution is -2.24. The lowest BCUT2D eigenvalue weighted by Gasteiger charge is -2.12. The molecule has 0 saturated heterocycles. The number of ether oxygens (including phenoxy) is 1. The number of methoxy groups -OCH3 is 1. The zero-order valence-corrected chi connectivity index (χ0v) is 14.3. The van der Waals surface area contributed by atoms with Crippen LogP contribution in [0.15, 0.2) is 29.4 Å². The van der Waals surface area contributed by atoms with E-state index in [0.717, 1.165) is 4.68 Å². The van der Waals surface area contributed by atoms with E-state index < -0.39 is 24.2 Å². The predicted octanol–water partition coefficient (Wildman–Crippen LogP) is 2.98. The van der Waals surface area contributed by atoms with Gasteiger partial charge < -0.3 is 10.5 Å². The van der Waals surface area contributed by atoms with E-state index in [1.54, 1.807) is 18.2 Å². The molecule has 0 unspecified atom stereocenters. The molecule has 2 rings (SSSR count). The molecular formula is C15H15F4N5OS. The zero-order chi connectivity index (χ0) is 19.3. The van der Waals surface area contributed by atoms with Gasteiger partial charge in [0.1, 0.15) is 17.1 Å². The van der Waals surface area contributed by atoms with Crippen LogP contribution in [0.4, 0.5) is 17.6 Å². The molecule has 0 amide bonds. The first-order chi connectivity index (χ1) is 12.3. The number of nitrogens with zero attached hydrogens (tertiary/aromatic N) is 3. The summed E-state index contributed by atoms with van der Waals surface area (Å²) in [6.07, 6.45) is -4.48. The first-order valence-electron chi connectivity index (χ1n) is 7.21. The SMILES string of the molecule is COc1ccc(C=NNC(N)=S)cc1Cn1nc(C(F)F)cc1C(F)F. The quantitative estimate of drug-likeness (QED) is 0.330. The Morgan fingerprint density at radius 2 is 2.08 bits per heavy atom. The Morgan fingerprint density at radius 1 is 1.35 bits per heavy atom. The van der Waals surface area contributed by atoms with Crippen LogP contribution < -0.4 is 15.9 Å². The lowest BCUT2D eigenvalue weighted by molar-refractivity contribution is 0.139. The van der Waals surface area contributed by atoms with Gasteiger partial charge in [-0.2, -0.15) is 10.2 Å². The number of halogens is 4. The Bertz CT molecular complexity index is 809. The van der Waals surface area contributed by atoms with Gasteiger partial charge in [-0.15, -0.1) is 0 Å². The Balaban J connectivity index is 2.35. The second-order valence-electron chi connectivity index (χ2n) is 5.06. The summed E-state index contributed by atoms with van der Waals surface area (Å²) < 4.78 is 57.8. The molecule has 6 nitrogen and oxygen atoms in total. The van der Waals surface area contributed by atoms with Crippen molar-refractivity contribution in [1.82, 2.24) is 15.2 Å². The Labute approximate surface area is 151 Å². The van der Waals surface area contributed by atoms with Crippen LogP contribution in [0.3, 0.4) is 0 Å². The van der Waals surface area contributed by atoms with Crippen molar-refractivity contribution in [1.29, 1.82) is 0 Å². The second-order valence-corrected chi connectivity index (χ2v) is 5.50. The number of hydrazone groups is 1. The molecule has 0 bridgehead atoms. The highest BCUT2D eigenvalue weighted by atomic mass is 32.1. The molecule has 0 aliphatic rings. The fourth-order valence-corrected chi connectivity index (χ4v) is 2.25. The highest BCUT2D eigenvalue weighted by molar-refractivity contribution is 7.80. The van der Waals surface area contributed by atoms with Crippen molar-refractivity contribution in [2.75, 3.05) is 7.11 Å². The smallest absolute Gasteiger partial charge is 0.282 e. The lowest BCUT2D eigenvalue weighted by atomic mass is 10.1. The first-order valence-corrected chi connectivity index (χ1v) is 7.62. The molecule has 1 aromatic heterocycles. The second kappa shape index (κ2) is 8.61. The van der Waals surface area contributed by atoms with E-state index in [4.69, 9.17) is 10.5 Å². The summed E-state index contributed by atoms with van der Waals surface area (Å²) in [5.74, 6) is 0.388. The topological polar surface area (TPSA) is 77.5 Å². The van der Waals surface area contributed by atoms with E-state index >= 15 is 0 Å². The van der Waals surface area contributed by atoms with E-state index in [9.17, 15) is 17.6 Å². The van der Waals surface area contributed by atoms with Crippen molar-refractivity contribution in [2.24, 2.45) is 10.8 Å². The average molecular weight is 389 g/mol. The van der Waals surface area contributed by atoms with Crippen LogP contribution in [0.5, 0.6) is 5.75 Å². The minimum absolute atomic E-state index is 0.0207. The third kappa shape index (κ3) is 4.91. The zero-order valence-electron chi connectivity index (χ0n) is 13.5. The minimum atomic E-state index is -2.94. The molecule has 140 valence electrons. The maximum atomic E-state index is 13.1. The first kappa shape index (κ1) is 19.6. The fourth-order valence-electron chi connectivity index (χ4n) is 2.20. The summed E-state index contributed by atoms with van der Waals surface area (Å²) in [7, 11) is 1.41. The molecule has 1 heterocycles. The van der Waals surface area contributed by atoms with Crippen LogP contribution in [0.2, 0.25) is 0 Å². The predicted molar refractivity (Wildman–Crippen MR) is 91.8 cm³/mol. The third-order valence-electron chi connectivity index (χ3n) is 3.29. The monoisotopic (exact) mass is 389 g/mol. The summed E-state index contributed by atoms with van der Waals surface area (Å²) in [5.41, 5.74) is 7.36. The van der Waals surface area contributed by atoms with Crippen molar-refractivity contribution in [3.05, 3.63) is 46.8 Å². The van der Waals surface area contributed by atoms with Crippen molar-refractivity contribution < 1.29 is 22.3 Å². The van der Waals surface area contributed by atoms with Gasteiger partial charge in [-0.3, -0.25) is 10.1 Å². The van der Waals surface area contributed by atoms with E-state index in [0.29, 0.717) is 22.9 Å².